The molecule has 3 heterocycles. The third-order valence-corrected chi connectivity index (χ3v) is 7.83. The maximum absolute atomic E-state index is 13.0. The van der Waals surface area contributed by atoms with Gasteiger partial charge in [0.2, 0.25) is 10.0 Å². The first-order valence-electron chi connectivity index (χ1n) is 10.3. The fourth-order valence-electron chi connectivity index (χ4n) is 3.84. The molecule has 164 valence electrons. The van der Waals surface area contributed by atoms with Crippen molar-refractivity contribution in [2.75, 3.05) is 27.2 Å². The van der Waals surface area contributed by atoms with Crippen LogP contribution < -0.4 is 5.32 Å². The number of nitrogens with one attached hydrogen (secondary N) is 1. The van der Waals surface area contributed by atoms with Crippen molar-refractivity contribution in [2.45, 2.75) is 30.3 Å². The number of nitrogens with zero attached hydrogens (tertiary/aromatic N) is 4. The minimum absolute atomic E-state index is 0.0213. The van der Waals surface area contributed by atoms with Crippen molar-refractivity contribution in [3.05, 3.63) is 66.1 Å². The van der Waals surface area contributed by atoms with E-state index in [1.807, 2.05) is 0 Å². The second-order valence-corrected chi connectivity index (χ2v) is 9.99. The van der Waals surface area contributed by atoms with E-state index in [0.29, 0.717) is 12.1 Å². The number of pyridine rings is 1. The standard InChI is InChI=1S/C22H27N5O3S/c1-25-12-9-19(10-13-25)26(2)31(29,30)20-6-3-17(4-7-20)15-24-22(28)18-5-8-21-23-11-14-27(21)16-18/h3-8,11,14,16,19H,9-10,12-13,15H2,1-2H3,(H,24,28). The molecule has 31 heavy (non-hydrogen) atoms. The predicted octanol–water partition coefficient (Wildman–Crippen LogP) is 1.98. The molecule has 9 heteroatoms. The van der Waals surface area contributed by atoms with Gasteiger partial charge in [-0.3, -0.25) is 4.79 Å². The lowest BCUT2D eigenvalue weighted by Crippen LogP contribution is -2.44. The number of carbonyl (C=O) groups is 1. The molecule has 0 bridgehead atoms. The second kappa shape index (κ2) is 8.78. The maximum atomic E-state index is 13.0. The van der Waals surface area contributed by atoms with Crippen molar-refractivity contribution in [3.8, 4) is 0 Å². The van der Waals surface area contributed by atoms with Crippen LogP contribution in [0, 0.1) is 0 Å². The first kappa shape index (κ1) is 21.5. The molecule has 4 rings (SSSR count). The minimum atomic E-state index is -3.54. The summed E-state index contributed by atoms with van der Waals surface area (Å²) in [5.74, 6) is -0.200. The van der Waals surface area contributed by atoms with Crippen LogP contribution in [0.15, 0.2) is 59.9 Å². The van der Waals surface area contributed by atoms with Gasteiger partial charge >= 0.3 is 0 Å². The third-order valence-electron chi connectivity index (χ3n) is 5.91. The number of imidazole rings is 1. The Kier molecular flexibility index (Phi) is 6.08. The first-order chi connectivity index (χ1) is 14.8. The largest absolute Gasteiger partial charge is 0.348 e. The van der Waals surface area contributed by atoms with Gasteiger partial charge in [0.15, 0.2) is 0 Å². The number of rotatable bonds is 6. The van der Waals surface area contributed by atoms with Gasteiger partial charge in [-0.2, -0.15) is 4.31 Å². The summed E-state index contributed by atoms with van der Waals surface area (Å²) >= 11 is 0. The average molecular weight is 442 g/mol. The number of fused-ring (bicyclic) bond motifs is 1. The van der Waals surface area contributed by atoms with E-state index >= 15 is 0 Å². The van der Waals surface area contributed by atoms with Gasteiger partial charge in [0.25, 0.3) is 5.91 Å². The van der Waals surface area contributed by atoms with Gasteiger partial charge in [0.05, 0.1) is 10.5 Å². The molecule has 1 saturated heterocycles. The van der Waals surface area contributed by atoms with Crippen molar-refractivity contribution in [1.82, 2.24) is 23.9 Å². The molecule has 2 aromatic heterocycles. The van der Waals surface area contributed by atoms with E-state index in [9.17, 15) is 13.2 Å². The van der Waals surface area contributed by atoms with Crippen LogP contribution in [0.1, 0.15) is 28.8 Å². The molecule has 1 fully saturated rings. The lowest BCUT2D eigenvalue weighted by Gasteiger charge is -2.34. The van der Waals surface area contributed by atoms with E-state index in [1.165, 1.54) is 4.31 Å². The highest BCUT2D eigenvalue weighted by atomic mass is 32.2. The minimum Gasteiger partial charge on any atom is -0.348 e. The van der Waals surface area contributed by atoms with Crippen molar-refractivity contribution < 1.29 is 13.2 Å². The molecular weight excluding hydrogens is 414 g/mol. The molecule has 3 aromatic rings. The Hall–Kier alpha value is -2.75. The zero-order chi connectivity index (χ0) is 22.0. The van der Waals surface area contributed by atoms with Crippen LogP contribution in [-0.4, -0.2) is 66.1 Å². The number of piperidine rings is 1. The fraction of sp³-hybridized carbons (Fsp3) is 0.364. The smallest absolute Gasteiger partial charge is 0.253 e. The van der Waals surface area contributed by atoms with Crippen molar-refractivity contribution >= 4 is 21.6 Å². The van der Waals surface area contributed by atoms with E-state index in [-0.39, 0.29) is 16.8 Å². The van der Waals surface area contributed by atoms with Crippen molar-refractivity contribution in [2.24, 2.45) is 0 Å². The summed E-state index contributed by atoms with van der Waals surface area (Å²) in [6, 6.07) is 10.2. The van der Waals surface area contributed by atoms with Gasteiger partial charge in [-0.15, -0.1) is 0 Å². The Bertz CT molecular complexity index is 1170. The van der Waals surface area contributed by atoms with E-state index in [1.54, 1.807) is 66.4 Å². The summed E-state index contributed by atoms with van der Waals surface area (Å²) in [5.41, 5.74) is 2.14. The fourth-order valence-corrected chi connectivity index (χ4v) is 5.25. The number of sulfonamides is 1. The Labute approximate surface area is 182 Å². The predicted molar refractivity (Wildman–Crippen MR) is 118 cm³/mol. The normalized spacial score (nSPS) is 16.1. The van der Waals surface area contributed by atoms with Gasteiger partial charge in [0.1, 0.15) is 5.65 Å². The topological polar surface area (TPSA) is 87.0 Å². The molecule has 0 radical (unpaired) electrons. The lowest BCUT2D eigenvalue weighted by atomic mass is 10.1. The van der Waals surface area contributed by atoms with Crippen LogP contribution in [-0.2, 0) is 16.6 Å². The molecule has 1 aliphatic heterocycles. The summed E-state index contributed by atoms with van der Waals surface area (Å²) in [4.78, 5) is 19.1. The number of likely N-dealkylation sites (tertiary alicyclic amines) is 1. The highest BCUT2D eigenvalue weighted by molar-refractivity contribution is 7.89. The SMILES string of the molecule is CN1CCC(N(C)S(=O)(=O)c2ccc(CNC(=O)c3ccc4nccn4c3)cc2)CC1. The molecule has 0 atom stereocenters. The van der Waals surface area contributed by atoms with Crippen LogP contribution in [0.2, 0.25) is 0 Å². The van der Waals surface area contributed by atoms with Gasteiger partial charge in [-0.25, -0.2) is 13.4 Å². The summed E-state index contributed by atoms with van der Waals surface area (Å²) in [5, 5.41) is 2.87. The van der Waals surface area contributed by atoms with Gasteiger partial charge in [-0.05, 0) is 62.8 Å². The molecule has 0 spiro atoms. The zero-order valence-electron chi connectivity index (χ0n) is 17.7. The van der Waals surface area contributed by atoms with Crippen LogP contribution >= 0.6 is 0 Å². The van der Waals surface area contributed by atoms with E-state index in [4.69, 9.17) is 0 Å². The zero-order valence-corrected chi connectivity index (χ0v) is 18.5. The second-order valence-electron chi connectivity index (χ2n) is 7.99. The van der Waals surface area contributed by atoms with Crippen LogP contribution in [0.25, 0.3) is 5.65 Å². The number of benzene rings is 1. The Morgan fingerprint density at radius 3 is 2.58 bits per heavy atom. The van der Waals surface area contributed by atoms with Gasteiger partial charge < -0.3 is 14.6 Å². The summed E-state index contributed by atoms with van der Waals surface area (Å²) in [6.07, 6.45) is 6.86. The van der Waals surface area contributed by atoms with Gasteiger partial charge in [0, 0.05) is 38.2 Å². The summed E-state index contributed by atoms with van der Waals surface area (Å²) in [7, 11) is 0.173. The first-order valence-corrected chi connectivity index (χ1v) is 11.7. The summed E-state index contributed by atoms with van der Waals surface area (Å²) in [6.45, 7) is 2.11. The van der Waals surface area contributed by atoms with E-state index < -0.39 is 10.0 Å². The monoisotopic (exact) mass is 441 g/mol. The molecule has 0 aliphatic carbocycles. The number of carbonyl (C=O) groups excluding carboxylic acids is 1. The Balaban J connectivity index is 1.38. The van der Waals surface area contributed by atoms with E-state index in [2.05, 4.69) is 22.2 Å². The molecule has 1 N–H and O–H groups in total. The number of hydrogen-bond donors (Lipinski definition) is 1. The molecule has 1 aliphatic rings. The Morgan fingerprint density at radius 2 is 1.87 bits per heavy atom. The molecule has 0 unspecified atom stereocenters. The summed E-state index contributed by atoms with van der Waals surface area (Å²) < 4.78 is 29.3. The third kappa shape index (κ3) is 4.63. The van der Waals surface area contributed by atoms with Crippen LogP contribution in [0.5, 0.6) is 0 Å². The van der Waals surface area contributed by atoms with Crippen molar-refractivity contribution in [3.63, 3.8) is 0 Å². The number of hydrogen-bond acceptors (Lipinski definition) is 5. The van der Waals surface area contributed by atoms with Crippen LogP contribution in [0.3, 0.4) is 0 Å². The van der Waals surface area contributed by atoms with Crippen molar-refractivity contribution in [1.29, 1.82) is 0 Å². The lowest BCUT2D eigenvalue weighted by molar-refractivity contribution is 0.0950. The quantitative estimate of drug-likeness (QED) is 0.632. The average Bonchev–Trinajstić information content (AvgIpc) is 3.25. The van der Waals surface area contributed by atoms with E-state index in [0.717, 1.165) is 37.1 Å². The highest BCUT2D eigenvalue weighted by Gasteiger charge is 2.30. The number of aromatic nitrogens is 2. The molecule has 1 aromatic carbocycles. The molecular formula is C22H27N5O3S. The Morgan fingerprint density at radius 1 is 1.16 bits per heavy atom. The van der Waals surface area contributed by atoms with Crippen LogP contribution in [0.4, 0.5) is 0 Å². The van der Waals surface area contributed by atoms with Gasteiger partial charge in [-0.1, -0.05) is 12.1 Å². The molecule has 0 saturated carbocycles. The molecule has 8 nitrogen and oxygen atoms in total. The number of amides is 1. The highest BCUT2D eigenvalue weighted by Crippen LogP contribution is 2.22. The maximum Gasteiger partial charge on any atom is 0.253 e. The molecule has 1 amide bonds.